The van der Waals surface area contributed by atoms with Crippen LogP contribution < -0.4 is 15.4 Å². The first-order valence-electron chi connectivity index (χ1n) is 14.5. The number of rotatable bonds is 3. The molecule has 4 rings (SSSR count). The smallest absolute Gasteiger partial charge is 0.328 e. The molecule has 2 aromatic carbocycles. The van der Waals surface area contributed by atoms with E-state index in [4.69, 9.17) is 14.2 Å². The van der Waals surface area contributed by atoms with Gasteiger partial charge in [0.2, 0.25) is 5.91 Å². The highest BCUT2D eigenvalue weighted by molar-refractivity contribution is 5.92. The molecule has 0 saturated carbocycles. The van der Waals surface area contributed by atoms with Crippen molar-refractivity contribution in [1.82, 2.24) is 15.5 Å². The minimum Gasteiger partial charge on any atom is -0.496 e. The fourth-order valence-corrected chi connectivity index (χ4v) is 5.93. The Balaban J connectivity index is 1.87. The number of hydrogen-bond acceptors (Lipinski definition) is 6. The first-order chi connectivity index (χ1) is 19.7. The van der Waals surface area contributed by atoms with Crippen LogP contribution in [0.2, 0.25) is 0 Å². The van der Waals surface area contributed by atoms with Crippen molar-refractivity contribution < 1.29 is 28.6 Å². The van der Waals surface area contributed by atoms with Crippen molar-refractivity contribution in [3.63, 3.8) is 0 Å². The van der Waals surface area contributed by atoms with Crippen LogP contribution in [0.3, 0.4) is 0 Å². The van der Waals surface area contributed by atoms with Crippen molar-refractivity contribution in [3.8, 4) is 5.75 Å². The molecule has 9 nitrogen and oxygen atoms in total. The Morgan fingerprint density at radius 1 is 1.05 bits per heavy atom. The fourth-order valence-electron chi connectivity index (χ4n) is 5.93. The number of fused-ring (bicyclic) bond motifs is 5. The molecule has 1 fully saturated rings. The van der Waals surface area contributed by atoms with Crippen LogP contribution in [0.25, 0.3) is 16.8 Å². The Hall–Kier alpha value is -3.59. The Kier molecular flexibility index (Phi) is 8.92. The average Bonchev–Trinajstić information content (AvgIpc) is 3.34. The minimum atomic E-state index is -0.962. The second-order valence-electron chi connectivity index (χ2n) is 13.3. The van der Waals surface area contributed by atoms with Crippen molar-refractivity contribution in [2.24, 2.45) is 10.8 Å². The molecule has 42 heavy (non-hydrogen) atoms. The van der Waals surface area contributed by atoms with E-state index < -0.39 is 35.1 Å². The van der Waals surface area contributed by atoms with E-state index in [0.717, 1.165) is 40.5 Å². The molecular formula is C33H45N3O6. The summed E-state index contributed by atoms with van der Waals surface area (Å²) in [5.41, 5.74) is 0.125. The van der Waals surface area contributed by atoms with Gasteiger partial charge in [0.05, 0.1) is 20.8 Å². The number of urea groups is 1. The number of methoxy groups -OCH3 is 3. The fraction of sp³-hybridized carbons (Fsp3) is 0.545. The predicted molar refractivity (Wildman–Crippen MR) is 163 cm³/mol. The van der Waals surface area contributed by atoms with E-state index in [1.54, 1.807) is 14.2 Å². The molecule has 2 N–H and O–H groups in total. The van der Waals surface area contributed by atoms with Gasteiger partial charge in [-0.15, -0.1) is 0 Å². The normalized spacial score (nSPS) is 25.0. The molecule has 3 atom stereocenters. The molecule has 2 aliphatic rings. The van der Waals surface area contributed by atoms with Crippen molar-refractivity contribution >= 4 is 34.8 Å². The van der Waals surface area contributed by atoms with Gasteiger partial charge in [0.15, 0.2) is 0 Å². The number of allylic oxidation sites excluding steroid dienone is 1. The molecule has 3 amide bonds. The van der Waals surface area contributed by atoms with E-state index >= 15 is 0 Å². The summed E-state index contributed by atoms with van der Waals surface area (Å²) in [6, 6.07) is 7.95. The standard InChI is InChI=1S/C33H45N3O6/c1-31(2,3)27-28(37)36-20-33(42-8,19-25(36)29(38)41-7)24-12-11-21-18-26(40-6)22(16-23(21)17-24)10-9-13-32(4,5)14-15-34-30(39)35-27/h9-12,16-18,25,27H,13-15,19-20H2,1-8H3,(H2,34,35,39)/t25-,27+,33-/m0/s1. The summed E-state index contributed by atoms with van der Waals surface area (Å²) in [6.45, 7) is 10.6. The lowest BCUT2D eigenvalue weighted by Crippen LogP contribution is -2.58. The van der Waals surface area contributed by atoms with Crippen molar-refractivity contribution in [2.45, 2.75) is 71.6 Å². The van der Waals surface area contributed by atoms with E-state index in [-0.39, 0.29) is 24.3 Å². The Morgan fingerprint density at radius 3 is 2.43 bits per heavy atom. The molecule has 9 heteroatoms. The van der Waals surface area contributed by atoms with Crippen molar-refractivity contribution in [3.05, 3.63) is 47.5 Å². The zero-order chi connectivity index (χ0) is 30.9. The Morgan fingerprint density at radius 2 is 1.79 bits per heavy atom. The number of carbonyl (C=O) groups excluding carboxylic acids is 3. The number of hydrogen-bond donors (Lipinski definition) is 2. The monoisotopic (exact) mass is 579 g/mol. The SMILES string of the molecule is COC(=O)[C@@H]1C[C@]2(OC)CN1C(=O)[C@H](C(C)(C)C)NC(=O)NCCC(C)(C)CC=Cc1cc3cc2ccc3cc1OC. The number of nitrogens with zero attached hydrogens (tertiary/aromatic N) is 1. The van der Waals surface area contributed by atoms with Gasteiger partial charge in [0, 0.05) is 25.6 Å². The predicted octanol–water partition coefficient (Wildman–Crippen LogP) is 5.01. The van der Waals surface area contributed by atoms with Crippen molar-refractivity contribution in [2.75, 3.05) is 34.4 Å². The van der Waals surface area contributed by atoms with Gasteiger partial charge in [-0.2, -0.15) is 0 Å². The number of benzene rings is 2. The van der Waals surface area contributed by atoms with E-state index in [0.29, 0.717) is 6.54 Å². The van der Waals surface area contributed by atoms with E-state index in [9.17, 15) is 14.4 Å². The summed E-state index contributed by atoms with van der Waals surface area (Å²) in [5.74, 6) is -0.115. The van der Waals surface area contributed by atoms with Gasteiger partial charge in [0.1, 0.15) is 23.4 Å². The van der Waals surface area contributed by atoms with Gasteiger partial charge in [-0.1, -0.05) is 58.9 Å². The Labute approximate surface area is 248 Å². The maximum Gasteiger partial charge on any atom is 0.328 e. The van der Waals surface area contributed by atoms with E-state index in [1.165, 1.54) is 12.0 Å². The largest absolute Gasteiger partial charge is 0.496 e. The highest BCUT2D eigenvalue weighted by Crippen LogP contribution is 2.42. The average molecular weight is 580 g/mol. The summed E-state index contributed by atoms with van der Waals surface area (Å²) in [4.78, 5) is 41.8. The molecule has 0 spiro atoms. The maximum atomic E-state index is 14.2. The van der Waals surface area contributed by atoms with Gasteiger partial charge >= 0.3 is 12.0 Å². The number of amides is 3. The summed E-state index contributed by atoms with van der Waals surface area (Å²) in [6.07, 6.45) is 5.97. The number of nitrogens with one attached hydrogen (secondary N) is 2. The van der Waals surface area contributed by atoms with Crippen LogP contribution in [0, 0.1) is 10.8 Å². The number of ether oxygens (including phenoxy) is 3. The number of carbonyl (C=O) groups is 3. The van der Waals surface area contributed by atoms with Crippen LogP contribution in [0.4, 0.5) is 4.79 Å². The summed E-state index contributed by atoms with van der Waals surface area (Å²) < 4.78 is 17.0. The summed E-state index contributed by atoms with van der Waals surface area (Å²) in [5, 5.41) is 7.82. The molecule has 2 aromatic rings. The summed E-state index contributed by atoms with van der Waals surface area (Å²) in [7, 11) is 4.57. The Bertz CT molecular complexity index is 1380. The molecule has 2 aliphatic heterocycles. The first-order valence-corrected chi connectivity index (χ1v) is 14.5. The molecule has 0 aromatic heterocycles. The lowest BCUT2D eigenvalue weighted by molar-refractivity contribution is -0.152. The molecule has 0 radical (unpaired) electrons. The maximum absolute atomic E-state index is 14.2. The molecule has 2 heterocycles. The third kappa shape index (κ3) is 6.41. The minimum absolute atomic E-state index is 0.0768. The summed E-state index contributed by atoms with van der Waals surface area (Å²) >= 11 is 0. The van der Waals surface area contributed by atoms with Gasteiger partial charge in [0.25, 0.3) is 0 Å². The van der Waals surface area contributed by atoms with Crippen LogP contribution in [-0.2, 0) is 24.7 Å². The van der Waals surface area contributed by atoms with Gasteiger partial charge < -0.3 is 29.7 Å². The van der Waals surface area contributed by atoms with Gasteiger partial charge in [-0.05, 0) is 58.2 Å². The molecule has 0 unspecified atom stereocenters. The molecule has 1 saturated heterocycles. The molecule has 228 valence electrons. The van der Waals surface area contributed by atoms with Crippen LogP contribution >= 0.6 is 0 Å². The number of esters is 1. The van der Waals surface area contributed by atoms with Gasteiger partial charge in [-0.3, -0.25) is 4.79 Å². The lowest BCUT2D eigenvalue weighted by atomic mass is 9.85. The highest BCUT2D eigenvalue weighted by atomic mass is 16.5. The van der Waals surface area contributed by atoms with Crippen LogP contribution in [0.5, 0.6) is 5.75 Å². The second kappa shape index (κ2) is 12.0. The van der Waals surface area contributed by atoms with Crippen LogP contribution in [0.15, 0.2) is 36.4 Å². The van der Waals surface area contributed by atoms with Crippen molar-refractivity contribution in [1.29, 1.82) is 0 Å². The topological polar surface area (TPSA) is 106 Å². The molecule has 0 aliphatic carbocycles. The van der Waals surface area contributed by atoms with Crippen LogP contribution in [-0.4, -0.2) is 69.3 Å². The molecular weight excluding hydrogens is 534 g/mol. The second-order valence-corrected chi connectivity index (χ2v) is 13.3. The zero-order valence-corrected chi connectivity index (χ0v) is 26.1. The third-order valence-corrected chi connectivity index (χ3v) is 8.63. The quantitative estimate of drug-likeness (QED) is 0.495. The zero-order valence-electron chi connectivity index (χ0n) is 26.1. The van der Waals surface area contributed by atoms with E-state index in [2.05, 4.69) is 48.8 Å². The highest BCUT2D eigenvalue weighted by Gasteiger charge is 2.53. The molecule has 5 bridgehead atoms. The third-order valence-electron chi connectivity index (χ3n) is 8.63. The van der Waals surface area contributed by atoms with Crippen LogP contribution in [0.1, 0.15) is 65.0 Å². The lowest BCUT2D eigenvalue weighted by Gasteiger charge is -2.35. The van der Waals surface area contributed by atoms with Gasteiger partial charge in [-0.25, -0.2) is 9.59 Å². The first kappa shape index (κ1) is 31.3. The van der Waals surface area contributed by atoms with E-state index in [1.807, 2.05) is 39.0 Å².